The smallest absolute Gasteiger partial charge is 0.0658 e. The molecule has 0 amide bonds. The molecule has 3 unspecified atom stereocenters. The van der Waals surface area contributed by atoms with Gasteiger partial charge in [0.25, 0.3) is 0 Å². The predicted molar refractivity (Wildman–Crippen MR) is 69.0 cm³/mol. The molecular formula is C14H27NO2. The first-order valence-corrected chi connectivity index (χ1v) is 7.06. The minimum Gasteiger partial charge on any atom is -0.396 e. The fourth-order valence-electron chi connectivity index (χ4n) is 2.97. The molecule has 2 aliphatic rings. The summed E-state index contributed by atoms with van der Waals surface area (Å²) in [5.41, 5.74) is 0.493. The van der Waals surface area contributed by atoms with Crippen LogP contribution in [0.25, 0.3) is 0 Å². The van der Waals surface area contributed by atoms with Crippen molar-refractivity contribution in [3.63, 3.8) is 0 Å². The summed E-state index contributed by atoms with van der Waals surface area (Å²) in [6, 6.07) is 0.563. The van der Waals surface area contributed by atoms with Crippen molar-refractivity contribution < 1.29 is 9.84 Å². The first kappa shape index (κ1) is 13.3. The molecule has 2 fully saturated rings. The molecule has 0 aromatic carbocycles. The highest BCUT2D eigenvalue weighted by atomic mass is 16.5. The summed E-state index contributed by atoms with van der Waals surface area (Å²) < 4.78 is 5.80. The van der Waals surface area contributed by atoms with Gasteiger partial charge in [0.2, 0.25) is 0 Å². The molecule has 2 N–H and O–H groups in total. The Morgan fingerprint density at radius 1 is 1.35 bits per heavy atom. The Morgan fingerprint density at radius 2 is 2.06 bits per heavy atom. The summed E-state index contributed by atoms with van der Waals surface area (Å²) in [6.07, 6.45) is 5.06. The molecule has 3 heteroatoms. The lowest BCUT2D eigenvalue weighted by Crippen LogP contribution is -2.62. The highest BCUT2D eigenvalue weighted by molar-refractivity contribution is 5.06. The number of aliphatic hydroxyl groups excluding tert-OH is 1. The molecule has 0 aliphatic heterocycles. The normalized spacial score (nSPS) is 38.8. The number of rotatable bonds is 7. The van der Waals surface area contributed by atoms with Gasteiger partial charge in [-0.1, -0.05) is 13.8 Å². The summed E-state index contributed by atoms with van der Waals surface area (Å²) in [4.78, 5) is 0. The van der Waals surface area contributed by atoms with Gasteiger partial charge in [0, 0.05) is 36.6 Å². The molecule has 0 aromatic rings. The minimum absolute atomic E-state index is 0.214. The Balaban J connectivity index is 1.82. The molecule has 0 saturated heterocycles. The average Bonchev–Trinajstić information content (AvgIpc) is 3.12. The van der Waals surface area contributed by atoms with Gasteiger partial charge in [-0.2, -0.15) is 0 Å². The molecule has 100 valence electrons. The van der Waals surface area contributed by atoms with Gasteiger partial charge in [-0.15, -0.1) is 0 Å². The number of aliphatic hydroxyl groups is 1. The van der Waals surface area contributed by atoms with Crippen LogP contribution in [-0.4, -0.2) is 37.0 Å². The van der Waals surface area contributed by atoms with Gasteiger partial charge in [-0.3, -0.25) is 0 Å². The first-order valence-electron chi connectivity index (χ1n) is 7.06. The van der Waals surface area contributed by atoms with Gasteiger partial charge >= 0.3 is 0 Å². The molecule has 2 aliphatic carbocycles. The molecule has 0 heterocycles. The van der Waals surface area contributed by atoms with Crippen molar-refractivity contribution in [3.8, 4) is 0 Å². The summed E-state index contributed by atoms with van der Waals surface area (Å²) >= 11 is 0. The van der Waals surface area contributed by atoms with Gasteiger partial charge < -0.3 is 15.2 Å². The van der Waals surface area contributed by atoms with Gasteiger partial charge in [-0.25, -0.2) is 0 Å². The molecular weight excluding hydrogens is 214 g/mol. The maximum atomic E-state index is 9.32. The standard InChI is InChI=1S/C14H27NO2/c1-4-13(3)11(8-12(13)17-5-2)15-9-14(10-16)6-7-14/h11-12,15-16H,4-10H2,1-3H3. The Hall–Kier alpha value is -0.120. The van der Waals surface area contributed by atoms with Crippen LogP contribution in [0.15, 0.2) is 0 Å². The molecule has 3 nitrogen and oxygen atoms in total. The second-order valence-corrected chi connectivity index (χ2v) is 6.13. The second kappa shape index (κ2) is 4.87. The topological polar surface area (TPSA) is 41.5 Å². The van der Waals surface area contributed by atoms with Crippen LogP contribution in [0.4, 0.5) is 0 Å². The number of ether oxygens (including phenoxy) is 1. The zero-order valence-electron chi connectivity index (χ0n) is 11.5. The highest BCUT2D eigenvalue weighted by Crippen LogP contribution is 2.48. The first-order chi connectivity index (χ1) is 8.10. The zero-order chi connectivity index (χ0) is 12.5. The van der Waals surface area contributed by atoms with E-state index in [-0.39, 0.29) is 10.8 Å². The maximum Gasteiger partial charge on any atom is 0.0658 e. The van der Waals surface area contributed by atoms with E-state index in [4.69, 9.17) is 4.74 Å². The Morgan fingerprint density at radius 3 is 2.53 bits per heavy atom. The third-order valence-corrected chi connectivity index (χ3v) is 5.13. The highest BCUT2D eigenvalue weighted by Gasteiger charge is 2.52. The van der Waals surface area contributed by atoms with Gasteiger partial charge in [-0.05, 0) is 32.6 Å². The van der Waals surface area contributed by atoms with E-state index in [1.165, 1.54) is 12.8 Å². The zero-order valence-corrected chi connectivity index (χ0v) is 11.5. The van der Waals surface area contributed by atoms with Gasteiger partial charge in [0.05, 0.1) is 6.10 Å². The van der Waals surface area contributed by atoms with Crippen LogP contribution in [0, 0.1) is 10.8 Å². The van der Waals surface area contributed by atoms with Gasteiger partial charge in [0.1, 0.15) is 0 Å². The predicted octanol–water partition coefficient (Wildman–Crippen LogP) is 1.94. The number of hydrogen-bond donors (Lipinski definition) is 2. The molecule has 2 saturated carbocycles. The van der Waals surface area contributed by atoms with Crippen LogP contribution in [0.5, 0.6) is 0 Å². The van der Waals surface area contributed by atoms with Gasteiger partial charge in [0.15, 0.2) is 0 Å². The molecule has 17 heavy (non-hydrogen) atoms. The second-order valence-electron chi connectivity index (χ2n) is 6.13. The van der Waals surface area contributed by atoms with Crippen molar-refractivity contribution in [1.82, 2.24) is 5.32 Å². The van der Waals surface area contributed by atoms with E-state index < -0.39 is 0 Å². The maximum absolute atomic E-state index is 9.32. The largest absolute Gasteiger partial charge is 0.396 e. The average molecular weight is 241 g/mol. The fourth-order valence-corrected chi connectivity index (χ4v) is 2.97. The lowest BCUT2D eigenvalue weighted by Gasteiger charge is -2.54. The van der Waals surface area contributed by atoms with Crippen molar-refractivity contribution in [2.45, 2.75) is 58.6 Å². The van der Waals surface area contributed by atoms with E-state index in [2.05, 4.69) is 26.1 Å². The lowest BCUT2D eigenvalue weighted by molar-refractivity contribution is -0.126. The van der Waals surface area contributed by atoms with Crippen LogP contribution in [0.1, 0.15) is 46.5 Å². The Labute approximate surface area is 105 Å². The van der Waals surface area contributed by atoms with Crippen LogP contribution >= 0.6 is 0 Å². The van der Waals surface area contributed by atoms with E-state index in [0.29, 0.717) is 18.8 Å². The molecule has 0 radical (unpaired) electrons. The van der Waals surface area contributed by atoms with Crippen molar-refractivity contribution in [2.24, 2.45) is 10.8 Å². The van der Waals surface area contributed by atoms with E-state index in [0.717, 1.165) is 26.0 Å². The SMILES string of the molecule is CCOC1CC(NCC2(CO)CC2)C1(C)CC. The molecule has 0 aromatic heterocycles. The van der Waals surface area contributed by atoms with Crippen LogP contribution < -0.4 is 5.32 Å². The molecule has 2 rings (SSSR count). The summed E-state index contributed by atoms with van der Waals surface area (Å²) in [6.45, 7) is 8.77. The van der Waals surface area contributed by atoms with Crippen LogP contribution in [-0.2, 0) is 4.74 Å². The summed E-state index contributed by atoms with van der Waals surface area (Å²) in [5.74, 6) is 0. The van der Waals surface area contributed by atoms with Crippen molar-refractivity contribution in [1.29, 1.82) is 0 Å². The molecule has 3 atom stereocenters. The van der Waals surface area contributed by atoms with Crippen molar-refractivity contribution in [3.05, 3.63) is 0 Å². The fraction of sp³-hybridized carbons (Fsp3) is 1.00. The van der Waals surface area contributed by atoms with Crippen molar-refractivity contribution in [2.75, 3.05) is 19.8 Å². The number of hydrogen-bond acceptors (Lipinski definition) is 3. The van der Waals surface area contributed by atoms with E-state index in [1.54, 1.807) is 0 Å². The third-order valence-electron chi connectivity index (χ3n) is 5.13. The van der Waals surface area contributed by atoms with Crippen molar-refractivity contribution >= 4 is 0 Å². The quantitative estimate of drug-likeness (QED) is 0.716. The van der Waals surface area contributed by atoms with E-state index in [9.17, 15) is 5.11 Å². The number of nitrogens with one attached hydrogen (secondary N) is 1. The Kier molecular flexibility index (Phi) is 3.81. The summed E-state index contributed by atoms with van der Waals surface area (Å²) in [7, 11) is 0. The lowest BCUT2D eigenvalue weighted by atomic mass is 9.61. The molecule has 0 bridgehead atoms. The van der Waals surface area contributed by atoms with Crippen LogP contribution in [0.3, 0.4) is 0 Å². The molecule has 0 spiro atoms. The monoisotopic (exact) mass is 241 g/mol. The Bertz CT molecular complexity index is 265. The van der Waals surface area contributed by atoms with Crippen LogP contribution in [0.2, 0.25) is 0 Å². The van der Waals surface area contributed by atoms with E-state index >= 15 is 0 Å². The van der Waals surface area contributed by atoms with E-state index in [1.807, 2.05) is 0 Å². The third kappa shape index (κ3) is 2.38. The minimum atomic E-state index is 0.214. The summed E-state index contributed by atoms with van der Waals surface area (Å²) in [5, 5.41) is 13.0.